The molecule has 80 valence electrons. The van der Waals surface area contributed by atoms with E-state index in [-0.39, 0.29) is 5.25 Å². The third-order valence-corrected chi connectivity index (χ3v) is 7.15. The lowest BCUT2D eigenvalue weighted by Crippen LogP contribution is -2.28. The Morgan fingerprint density at radius 2 is 1.86 bits per heavy atom. The van der Waals surface area contributed by atoms with Gasteiger partial charge in [-0.1, -0.05) is 13.8 Å². The summed E-state index contributed by atoms with van der Waals surface area (Å²) in [6.45, 7) is 4.51. The van der Waals surface area contributed by atoms with Crippen molar-refractivity contribution >= 4 is 9.84 Å². The summed E-state index contributed by atoms with van der Waals surface area (Å²) in [7, 11) is -2.70. The van der Waals surface area contributed by atoms with Crippen molar-refractivity contribution in [3.63, 3.8) is 0 Å². The van der Waals surface area contributed by atoms with Gasteiger partial charge in [0.15, 0.2) is 9.84 Å². The van der Waals surface area contributed by atoms with Gasteiger partial charge in [-0.3, -0.25) is 0 Å². The summed E-state index contributed by atoms with van der Waals surface area (Å²) >= 11 is 0. The van der Waals surface area contributed by atoms with Crippen LogP contribution in [-0.2, 0) is 9.84 Å². The minimum absolute atomic E-state index is 0.0625. The fraction of sp³-hybridized carbons (Fsp3) is 1.00. The first-order chi connectivity index (χ1) is 6.50. The van der Waals surface area contributed by atoms with Crippen LogP contribution in [0.5, 0.6) is 0 Å². The molecule has 2 nitrogen and oxygen atoms in total. The van der Waals surface area contributed by atoms with Gasteiger partial charge in [0, 0.05) is 0 Å². The second-order valence-electron chi connectivity index (χ2n) is 5.75. The Morgan fingerprint density at radius 3 is 2.50 bits per heavy atom. The highest BCUT2D eigenvalue weighted by Gasteiger charge is 2.62. The highest BCUT2D eigenvalue weighted by molar-refractivity contribution is 7.92. The molecule has 3 aliphatic rings. The molecule has 3 rings (SSSR count). The molecule has 0 aromatic rings. The van der Waals surface area contributed by atoms with Crippen LogP contribution >= 0.6 is 0 Å². The van der Waals surface area contributed by atoms with E-state index in [9.17, 15) is 8.42 Å². The fourth-order valence-corrected chi connectivity index (χ4v) is 7.19. The smallest absolute Gasteiger partial charge is 0.153 e. The van der Waals surface area contributed by atoms with Crippen molar-refractivity contribution in [2.24, 2.45) is 29.6 Å². The molecule has 2 bridgehead atoms. The minimum atomic E-state index is -2.70. The summed E-state index contributed by atoms with van der Waals surface area (Å²) in [6, 6.07) is 0. The second-order valence-corrected chi connectivity index (χ2v) is 8.01. The highest BCUT2D eigenvalue weighted by atomic mass is 32.2. The second kappa shape index (κ2) is 2.55. The molecule has 0 aromatic carbocycles. The molecule has 0 spiro atoms. The zero-order chi connectivity index (χ0) is 10.1. The molecule has 0 N–H and O–H groups in total. The predicted octanol–water partition coefficient (Wildman–Crippen LogP) is 1.71. The quantitative estimate of drug-likeness (QED) is 0.666. The third-order valence-electron chi connectivity index (χ3n) is 4.83. The van der Waals surface area contributed by atoms with Crippen LogP contribution in [0.4, 0.5) is 0 Å². The summed E-state index contributed by atoms with van der Waals surface area (Å²) in [4.78, 5) is 0. The van der Waals surface area contributed by atoms with Crippen molar-refractivity contribution in [3.05, 3.63) is 0 Å². The van der Waals surface area contributed by atoms with Gasteiger partial charge in [0.05, 0.1) is 11.0 Å². The van der Waals surface area contributed by atoms with Gasteiger partial charge in [-0.2, -0.15) is 0 Å². The molecule has 0 radical (unpaired) electrons. The first kappa shape index (κ1) is 9.20. The number of fused-ring (bicyclic) bond motifs is 1. The van der Waals surface area contributed by atoms with E-state index < -0.39 is 9.84 Å². The van der Waals surface area contributed by atoms with Crippen molar-refractivity contribution in [2.75, 3.05) is 5.75 Å². The molecule has 3 fully saturated rings. The van der Waals surface area contributed by atoms with Gasteiger partial charge in [0.2, 0.25) is 0 Å². The first-order valence-corrected chi connectivity index (χ1v) is 7.44. The zero-order valence-electron chi connectivity index (χ0n) is 8.81. The first-order valence-electron chi connectivity index (χ1n) is 5.72. The Morgan fingerprint density at radius 1 is 1.14 bits per heavy atom. The largest absolute Gasteiger partial charge is 0.229 e. The normalized spacial score (nSPS) is 53.2. The highest BCUT2D eigenvalue weighted by Crippen LogP contribution is 2.60. The van der Waals surface area contributed by atoms with E-state index in [1.54, 1.807) is 0 Å². The summed E-state index contributed by atoms with van der Waals surface area (Å²) in [6.07, 6.45) is 2.18. The molecule has 1 saturated heterocycles. The van der Waals surface area contributed by atoms with Gasteiger partial charge in [-0.05, 0) is 42.4 Å². The van der Waals surface area contributed by atoms with E-state index >= 15 is 0 Å². The Kier molecular flexibility index (Phi) is 1.67. The van der Waals surface area contributed by atoms with Crippen molar-refractivity contribution < 1.29 is 8.42 Å². The summed E-state index contributed by atoms with van der Waals surface area (Å²) < 4.78 is 23.7. The number of hydrogen-bond donors (Lipinski definition) is 0. The van der Waals surface area contributed by atoms with E-state index in [0.717, 1.165) is 12.3 Å². The number of rotatable bonds is 1. The summed E-state index contributed by atoms with van der Waals surface area (Å²) in [5.74, 6) is 3.66. The molecule has 0 amide bonds. The number of hydrogen-bond acceptors (Lipinski definition) is 2. The molecule has 5 atom stereocenters. The molecule has 2 aliphatic carbocycles. The van der Waals surface area contributed by atoms with Crippen LogP contribution in [0, 0.1) is 29.6 Å². The monoisotopic (exact) mass is 214 g/mol. The maximum absolute atomic E-state index is 11.8. The van der Waals surface area contributed by atoms with Crippen LogP contribution in [0.15, 0.2) is 0 Å². The maximum atomic E-state index is 11.8. The molecule has 0 aromatic heterocycles. The predicted molar refractivity (Wildman–Crippen MR) is 55.6 cm³/mol. The SMILES string of the molecule is CC(C)C1C2CC3C1CS(=O)(=O)C3C2. The molecule has 14 heavy (non-hydrogen) atoms. The number of sulfone groups is 1. The van der Waals surface area contributed by atoms with Gasteiger partial charge in [0.25, 0.3) is 0 Å². The van der Waals surface area contributed by atoms with Gasteiger partial charge in [-0.15, -0.1) is 0 Å². The van der Waals surface area contributed by atoms with Gasteiger partial charge in [0.1, 0.15) is 0 Å². The van der Waals surface area contributed by atoms with Gasteiger partial charge >= 0.3 is 0 Å². The van der Waals surface area contributed by atoms with Crippen molar-refractivity contribution in [1.82, 2.24) is 0 Å². The Bertz CT molecular complexity index is 357. The topological polar surface area (TPSA) is 34.1 Å². The van der Waals surface area contributed by atoms with Gasteiger partial charge < -0.3 is 0 Å². The lowest BCUT2D eigenvalue weighted by molar-refractivity contribution is 0.199. The van der Waals surface area contributed by atoms with Crippen LogP contribution in [0.25, 0.3) is 0 Å². The lowest BCUT2D eigenvalue weighted by Gasteiger charge is -2.29. The Hall–Kier alpha value is -0.0500. The van der Waals surface area contributed by atoms with E-state index in [4.69, 9.17) is 0 Å². The van der Waals surface area contributed by atoms with Crippen LogP contribution in [0.2, 0.25) is 0 Å². The maximum Gasteiger partial charge on any atom is 0.153 e. The fourth-order valence-electron chi connectivity index (χ4n) is 4.55. The lowest BCUT2D eigenvalue weighted by atomic mass is 9.74. The Balaban J connectivity index is 2.01. The van der Waals surface area contributed by atoms with E-state index in [1.807, 2.05) is 0 Å². The third kappa shape index (κ3) is 0.944. The van der Waals surface area contributed by atoms with Crippen LogP contribution in [0.1, 0.15) is 26.7 Å². The minimum Gasteiger partial charge on any atom is -0.229 e. The molecule has 2 saturated carbocycles. The summed E-state index contributed by atoms with van der Waals surface area (Å²) in [5, 5.41) is 0.0625. The standard InChI is InChI=1S/C11H18O2S/c1-6(2)11-7-3-8-9(11)5-14(12,13)10(8)4-7/h6-11H,3-5H2,1-2H3. The zero-order valence-corrected chi connectivity index (χ0v) is 9.63. The van der Waals surface area contributed by atoms with Gasteiger partial charge in [-0.25, -0.2) is 8.42 Å². The molecule has 1 aliphatic heterocycles. The van der Waals surface area contributed by atoms with Crippen LogP contribution in [-0.4, -0.2) is 19.4 Å². The summed E-state index contributed by atoms with van der Waals surface area (Å²) in [5.41, 5.74) is 0. The van der Waals surface area contributed by atoms with Crippen molar-refractivity contribution in [1.29, 1.82) is 0 Å². The van der Waals surface area contributed by atoms with Crippen LogP contribution < -0.4 is 0 Å². The van der Waals surface area contributed by atoms with Crippen LogP contribution in [0.3, 0.4) is 0 Å². The molecule has 5 unspecified atom stereocenters. The Labute approximate surface area is 86.0 Å². The molecule has 3 heteroatoms. The average Bonchev–Trinajstić information content (AvgIpc) is 2.61. The molecular weight excluding hydrogens is 196 g/mol. The van der Waals surface area contributed by atoms with E-state index in [0.29, 0.717) is 29.4 Å². The van der Waals surface area contributed by atoms with E-state index in [1.165, 1.54) is 6.42 Å². The molecular formula is C11H18O2S. The average molecular weight is 214 g/mol. The molecule has 1 heterocycles. The van der Waals surface area contributed by atoms with Crippen molar-refractivity contribution in [3.8, 4) is 0 Å². The van der Waals surface area contributed by atoms with Crippen molar-refractivity contribution in [2.45, 2.75) is 31.9 Å². The van der Waals surface area contributed by atoms with E-state index in [2.05, 4.69) is 13.8 Å².